The van der Waals surface area contributed by atoms with E-state index in [1.807, 2.05) is 20.2 Å². The first kappa shape index (κ1) is 20.9. The molecule has 5 aliphatic rings. The first-order valence-corrected chi connectivity index (χ1v) is 13.4. The fourth-order valence-corrected chi connectivity index (χ4v) is 7.81. The fourth-order valence-electron chi connectivity index (χ4n) is 7.65. The Hall–Kier alpha value is -1.44. The van der Waals surface area contributed by atoms with E-state index in [1.165, 1.54) is 57.8 Å². The van der Waals surface area contributed by atoms with Gasteiger partial charge in [0.2, 0.25) is 5.28 Å². The van der Waals surface area contributed by atoms with Gasteiger partial charge in [-0.1, -0.05) is 25.7 Å². The van der Waals surface area contributed by atoms with E-state index in [9.17, 15) is 0 Å². The van der Waals surface area contributed by atoms with E-state index in [0.29, 0.717) is 29.7 Å². The summed E-state index contributed by atoms with van der Waals surface area (Å²) in [7, 11) is 0. The molecule has 8 heteroatoms. The molecule has 5 fully saturated rings. The lowest BCUT2D eigenvalue weighted by atomic mass is 9.86. The number of hydrogen-bond acceptors (Lipinski definition) is 6. The van der Waals surface area contributed by atoms with Crippen molar-refractivity contribution in [3.63, 3.8) is 0 Å². The monoisotopic (exact) mass is 471 g/mol. The topological polar surface area (TPSA) is 74.1 Å². The van der Waals surface area contributed by atoms with Crippen LogP contribution < -0.4 is 5.32 Å². The molecule has 178 valence electrons. The van der Waals surface area contributed by atoms with E-state index >= 15 is 0 Å². The predicted molar refractivity (Wildman–Crippen MR) is 126 cm³/mol. The lowest BCUT2D eigenvalue weighted by molar-refractivity contribution is -0.156. The van der Waals surface area contributed by atoms with Crippen LogP contribution in [0.5, 0.6) is 0 Å². The third-order valence-electron chi connectivity index (χ3n) is 9.09. The van der Waals surface area contributed by atoms with Crippen LogP contribution in [0.1, 0.15) is 77.7 Å². The van der Waals surface area contributed by atoms with E-state index in [4.69, 9.17) is 26.1 Å². The Morgan fingerprint density at radius 2 is 1.67 bits per heavy atom. The highest BCUT2D eigenvalue weighted by Gasteiger charge is 2.66. The van der Waals surface area contributed by atoms with Crippen molar-refractivity contribution in [1.82, 2.24) is 19.5 Å². The van der Waals surface area contributed by atoms with Crippen molar-refractivity contribution in [2.75, 3.05) is 5.32 Å². The third kappa shape index (κ3) is 3.41. The quantitative estimate of drug-likeness (QED) is 0.592. The molecule has 0 radical (unpaired) electrons. The Kier molecular flexibility index (Phi) is 4.77. The number of rotatable bonds is 5. The number of nitrogens with zero attached hydrogens (tertiary/aromatic N) is 4. The van der Waals surface area contributed by atoms with Crippen LogP contribution in [-0.2, 0) is 9.47 Å². The van der Waals surface area contributed by atoms with Gasteiger partial charge in [-0.05, 0) is 81.2 Å². The molecule has 0 unspecified atom stereocenters. The molecule has 7 rings (SSSR count). The first-order chi connectivity index (χ1) is 16.0. The molecule has 2 aromatic heterocycles. The van der Waals surface area contributed by atoms with Crippen LogP contribution in [0, 0.1) is 23.7 Å². The highest BCUT2D eigenvalue weighted by Crippen LogP contribution is 2.63. The van der Waals surface area contributed by atoms with E-state index in [1.54, 1.807) is 0 Å². The Morgan fingerprint density at radius 1 is 1.00 bits per heavy atom. The van der Waals surface area contributed by atoms with Crippen LogP contribution in [0.4, 0.5) is 5.82 Å². The van der Waals surface area contributed by atoms with Crippen LogP contribution >= 0.6 is 11.6 Å². The summed E-state index contributed by atoms with van der Waals surface area (Å²) in [5, 5.41) is 4.15. The number of hydrogen-bond donors (Lipinski definition) is 1. The molecule has 0 aromatic carbocycles. The summed E-state index contributed by atoms with van der Waals surface area (Å²) in [5.41, 5.74) is 1.65. The van der Waals surface area contributed by atoms with Crippen molar-refractivity contribution in [3.05, 3.63) is 11.6 Å². The molecule has 33 heavy (non-hydrogen) atoms. The van der Waals surface area contributed by atoms with E-state index in [-0.39, 0.29) is 23.5 Å². The Morgan fingerprint density at radius 3 is 2.36 bits per heavy atom. The zero-order valence-electron chi connectivity index (χ0n) is 19.5. The maximum Gasteiger partial charge on any atom is 0.226 e. The summed E-state index contributed by atoms with van der Waals surface area (Å²) >= 11 is 6.51. The summed E-state index contributed by atoms with van der Waals surface area (Å²) in [6.45, 7) is 4.03. The van der Waals surface area contributed by atoms with Crippen LogP contribution in [0.2, 0.25) is 5.28 Å². The smallest absolute Gasteiger partial charge is 0.226 e. The predicted octanol–water partition coefficient (Wildman–Crippen LogP) is 5.35. The van der Waals surface area contributed by atoms with Crippen LogP contribution in [0.3, 0.4) is 0 Å². The first-order valence-electron chi connectivity index (χ1n) is 13.0. The number of aromatic nitrogens is 4. The minimum atomic E-state index is -0.535. The zero-order chi connectivity index (χ0) is 22.3. The highest BCUT2D eigenvalue weighted by molar-refractivity contribution is 6.28. The number of ether oxygens (including phenoxy) is 2. The molecule has 1 saturated heterocycles. The van der Waals surface area contributed by atoms with Crippen molar-refractivity contribution in [1.29, 1.82) is 0 Å². The SMILES string of the molecule is CC1(C)O[C@@H]2[C@@H]3C[C@@H]3[C@@H](n3cnc4c(NC(C5CCCC5)C5CCCC5)nc(Cl)nc43)[C@@H]2O1. The molecule has 5 atom stereocenters. The molecule has 1 aliphatic heterocycles. The van der Waals surface area contributed by atoms with Crippen molar-refractivity contribution in [2.24, 2.45) is 23.7 Å². The van der Waals surface area contributed by atoms with Crippen LogP contribution in [0.15, 0.2) is 6.33 Å². The number of anilines is 1. The van der Waals surface area contributed by atoms with Crippen molar-refractivity contribution < 1.29 is 9.47 Å². The molecule has 3 heterocycles. The van der Waals surface area contributed by atoms with Gasteiger partial charge in [0.15, 0.2) is 22.8 Å². The minimum Gasteiger partial charge on any atom is -0.365 e. The number of halogens is 1. The minimum absolute atomic E-state index is 0.0380. The summed E-state index contributed by atoms with van der Waals surface area (Å²) < 4.78 is 14.8. The van der Waals surface area contributed by atoms with Gasteiger partial charge in [0, 0.05) is 6.04 Å². The van der Waals surface area contributed by atoms with Crippen LogP contribution in [0.25, 0.3) is 11.2 Å². The van der Waals surface area contributed by atoms with Crippen molar-refractivity contribution in [3.8, 4) is 0 Å². The Bertz CT molecular complexity index is 1040. The van der Waals surface area contributed by atoms with Crippen molar-refractivity contribution >= 4 is 28.6 Å². The van der Waals surface area contributed by atoms with Gasteiger partial charge in [-0.2, -0.15) is 9.97 Å². The number of fused-ring (bicyclic) bond motifs is 4. The molecule has 7 nitrogen and oxygen atoms in total. The fraction of sp³-hybridized carbons (Fsp3) is 0.800. The van der Waals surface area contributed by atoms with Gasteiger partial charge in [-0.15, -0.1) is 0 Å². The molecular weight excluding hydrogens is 438 g/mol. The molecule has 1 N–H and O–H groups in total. The third-order valence-corrected chi connectivity index (χ3v) is 9.26. The average molecular weight is 472 g/mol. The zero-order valence-corrected chi connectivity index (χ0v) is 20.3. The molecule has 2 aromatic rings. The van der Waals surface area contributed by atoms with Crippen molar-refractivity contribution in [2.45, 2.75) is 102 Å². The second-order valence-electron chi connectivity index (χ2n) is 11.5. The maximum atomic E-state index is 6.51. The van der Waals surface area contributed by atoms with Gasteiger partial charge in [0.25, 0.3) is 0 Å². The molecular formula is C25H34ClN5O2. The molecule has 0 bridgehead atoms. The molecule has 0 spiro atoms. The Balaban J connectivity index is 1.24. The molecule has 0 amide bonds. The summed E-state index contributed by atoms with van der Waals surface area (Å²) in [6, 6.07) is 0.636. The van der Waals surface area contributed by atoms with Gasteiger partial charge in [0.1, 0.15) is 6.10 Å². The van der Waals surface area contributed by atoms with Gasteiger partial charge in [-0.3, -0.25) is 0 Å². The standard InChI is InChI=1S/C25H34ClN5O2/c1-25(2)32-20-16-11-15(16)19(21(20)33-25)31-12-27-18-22(29-24(26)30-23(18)31)28-17(13-7-3-4-8-13)14-9-5-6-10-14/h12-17,19-21H,3-11H2,1-2H3,(H,28,29,30)/t15-,16+,19+,20+,21-/m0/s1. The van der Waals surface area contributed by atoms with E-state index in [0.717, 1.165) is 17.0 Å². The van der Waals surface area contributed by atoms with Gasteiger partial charge in [-0.25, -0.2) is 4.98 Å². The van der Waals surface area contributed by atoms with E-state index < -0.39 is 5.79 Å². The largest absolute Gasteiger partial charge is 0.365 e. The second kappa shape index (κ2) is 7.53. The van der Waals surface area contributed by atoms with Gasteiger partial charge in [0.05, 0.1) is 18.5 Å². The summed E-state index contributed by atoms with van der Waals surface area (Å²) in [4.78, 5) is 14.2. The lowest BCUT2D eigenvalue weighted by Gasteiger charge is -2.30. The molecule has 4 saturated carbocycles. The maximum absolute atomic E-state index is 6.51. The highest BCUT2D eigenvalue weighted by atomic mass is 35.5. The summed E-state index contributed by atoms with van der Waals surface area (Å²) in [6.07, 6.45) is 13.9. The normalized spacial score (nSPS) is 35.6. The van der Waals surface area contributed by atoms with Gasteiger partial charge >= 0.3 is 0 Å². The number of imidazole rings is 1. The van der Waals surface area contributed by atoms with E-state index in [2.05, 4.69) is 19.9 Å². The average Bonchev–Trinajstić information content (AvgIpc) is 3.34. The number of nitrogens with one attached hydrogen (secondary N) is 1. The van der Waals surface area contributed by atoms with Crippen LogP contribution in [-0.4, -0.2) is 43.6 Å². The van der Waals surface area contributed by atoms with Gasteiger partial charge < -0.3 is 19.4 Å². The lowest BCUT2D eigenvalue weighted by Crippen LogP contribution is -2.34. The second-order valence-corrected chi connectivity index (χ2v) is 11.9. The molecule has 4 aliphatic carbocycles. The summed E-state index contributed by atoms with van der Waals surface area (Å²) in [5.74, 6) is 2.83. The Labute approximate surface area is 200 Å².